The minimum absolute atomic E-state index is 0.186. The molecule has 0 unspecified atom stereocenters. The fraction of sp³-hybridized carbons (Fsp3) is 0. The summed E-state index contributed by atoms with van der Waals surface area (Å²) in [6.07, 6.45) is 0. The summed E-state index contributed by atoms with van der Waals surface area (Å²) in [7, 11) is 0. The Labute approximate surface area is 131 Å². The molecule has 0 aliphatic heterocycles. The smallest absolute Gasteiger partial charge is 0.194 e. The molecule has 0 bridgehead atoms. The van der Waals surface area contributed by atoms with E-state index in [-0.39, 0.29) is 11.6 Å². The first-order chi connectivity index (χ1) is 10.7. The van der Waals surface area contributed by atoms with Gasteiger partial charge in [-0.25, -0.2) is 0 Å². The quantitative estimate of drug-likeness (QED) is 0.435. The average Bonchev–Trinajstić information content (AvgIpc) is 3.17. The molecule has 0 amide bonds. The summed E-state index contributed by atoms with van der Waals surface area (Å²) in [5, 5.41) is 0. The second-order valence-corrected chi connectivity index (χ2v) is 6.02. The van der Waals surface area contributed by atoms with E-state index >= 15 is 0 Å². The van der Waals surface area contributed by atoms with Crippen LogP contribution in [0.1, 0.15) is 31.8 Å². The van der Waals surface area contributed by atoms with Crippen molar-refractivity contribution in [2.75, 3.05) is 0 Å². The largest absolute Gasteiger partial charge is 0.289 e. The van der Waals surface area contributed by atoms with E-state index < -0.39 is 0 Å². The maximum Gasteiger partial charge on any atom is 0.194 e. The Kier molecular flexibility index (Phi) is 2.18. The topological polar surface area (TPSA) is 85.7 Å². The summed E-state index contributed by atoms with van der Waals surface area (Å²) in [5.74, 6) is -0.371. The summed E-state index contributed by atoms with van der Waals surface area (Å²) in [6.45, 7) is 0. The Hall–Kier alpha value is -2.58. The third kappa shape index (κ3) is 1.42. The van der Waals surface area contributed by atoms with Crippen molar-refractivity contribution in [2.45, 2.75) is 0 Å². The average molecular weight is 324 g/mol. The van der Waals surface area contributed by atoms with Gasteiger partial charge < -0.3 is 0 Å². The van der Waals surface area contributed by atoms with Gasteiger partial charge in [0.05, 0.1) is 23.5 Å². The van der Waals surface area contributed by atoms with Crippen LogP contribution in [0.5, 0.6) is 0 Å². The van der Waals surface area contributed by atoms with E-state index in [2.05, 4.69) is 17.5 Å². The highest BCUT2D eigenvalue weighted by atomic mass is 32.1. The van der Waals surface area contributed by atoms with Crippen molar-refractivity contribution in [2.24, 2.45) is 0 Å². The Balaban J connectivity index is 1.87. The second kappa shape index (κ2) is 3.99. The summed E-state index contributed by atoms with van der Waals surface area (Å²) >= 11 is 2.12. The number of nitrogens with zero attached hydrogens (tertiary/aromatic N) is 4. The number of carbonyl (C=O) groups is 2. The summed E-state index contributed by atoms with van der Waals surface area (Å²) in [4.78, 5) is 25.5. The summed E-state index contributed by atoms with van der Waals surface area (Å²) in [5.41, 5.74) is 4.02. The number of aromatic nitrogens is 4. The van der Waals surface area contributed by atoms with Crippen molar-refractivity contribution in [3.8, 4) is 0 Å². The molecule has 0 fully saturated rings. The molecular formula is C14H4N4O2S2. The Morgan fingerprint density at radius 1 is 0.545 bits per heavy atom. The Morgan fingerprint density at radius 3 is 1.09 bits per heavy atom. The van der Waals surface area contributed by atoms with E-state index in [4.69, 9.17) is 0 Å². The van der Waals surface area contributed by atoms with Crippen LogP contribution in [0.4, 0.5) is 0 Å². The lowest BCUT2D eigenvalue weighted by atomic mass is 9.83. The van der Waals surface area contributed by atoms with Crippen molar-refractivity contribution >= 4 is 57.1 Å². The van der Waals surface area contributed by atoms with Crippen LogP contribution in [-0.2, 0) is 0 Å². The van der Waals surface area contributed by atoms with E-state index in [0.29, 0.717) is 44.3 Å². The monoisotopic (exact) mass is 324 g/mol. The normalized spacial score (nSPS) is 13.6. The molecule has 104 valence electrons. The first-order valence-electron chi connectivity index (χ1n) is 6.34. The van der Waals surface area contributed by atoms with E-state index in [1.807, 2.05) is 0 Å². The molecule has 0 N–H and O–H groups in total. The third-order valence-corrected chi connectivity index (χ3v) is 4.88. The number of carbonyl (C=O) groups excluding carboxylic acids is 2. The highest BCUT2D eigenvalue weighted by Gasteiger charge is 2.31. The lowest BCUT2D eigenvalue weighted by Crippen LogP contribution is -2.20. The Bertz CT molecular complexity index is 958. The maximum absolute atomic E-state index is 12.7. The molecule has 2 aromatic heterocycles. The Morgan fingerprint density at radius 2 is 0.818 bits per heavy atom. The number of rotatable bonds is 0. The van der Waals surface area contributed by atoms with Crippen LogP contribution in [0.3, 0.4) is 0 Å². The predicted molar refractivity (Wildman–Crippen MR) is 81.7 cm³/mol. The van der Waals surface area contributed by atoms with Gasteiger partial charge in [-0.1, -0.05) is 0 Å². The van der Waals surface area contributed by atoms with Crippen LogP contribution in [-0.4, -0.2) is 29.1 Å². The molecule has 0 spiro atoms. The second-order valence-electron chi connectivity index (χ2n) is 4.96. The third-order valence-electron chi connectivity index (χ3n) is 3.76. The van der Waals surface area contributed by atoms with Crippen molar-refractivity contribution in [1.82, 2.24) is 17.5 Å². The first-order valence-corrected chi connectivity index (χ1v) is 7.80. The van der Waals surface area contributed by atoms with Crippen molar-refractivity contribution < 1.29 is 9.59 Å². The maximum atomic E-state index is 12.7. The first kappa shape index (κ1) is 12.0. The SMILES string of the molecule is O=C1c2cc3nsnc3cc2C(=O)c2cc3nsnc3cc21. The van der Waals surface area contributed by atoms with Crippen LogP contribution < -0.4 is 0 Å². The molecule has 2 heterocycles. The van der Waals surface area contributed by atoms with Gasteiger partial charge in [-0.05, 0) is 24.3 Å². The van der Waals surface area contributed by atoms with Crippen molar-refractivity contribution in [3.05, 3.63) is 46.5 Å². The number of benzene rings is 2. The van der Waals surface area contributed by atoms with Crippen LogP contribution in [0.25, 0.3) is 22.1 Å². The van der Waals surface area contributed by atoms with Gasteiger partial charge in [0.25, 0.3) is 0 Å². The molecule has 22 heavy (non-hydrogen) atoms. The molecule has 0 saturated carbocycles. The molecule has 1 aliphatic carbocycles. The zero-order chi connectivity index (χ0) is 14.8. The van der Waals surface area contributed by atoms with Crippen LogP contribution in [0, 0.1) is 0 Å². The van der Waals surface area contributed by atoms with Gasteiger partial charge in [0.1, 0.15) is 22.1 Å². The lowest BCUT2D eigenvalue weighted by molar-refractivity contribution is 0.0979. The minimum atomic E-state index is -0.186. The van der Waals surface area contributed by atoms with Crippen molar-refractivity contribution in [1.29, 1.82) is 0 Å². The van der Waals surface area contributed by atoms with Gasteiger partial charge in [-0.15, -0.1) is 0 Å². The van der Waals surface area contributed by atoms with Gasteiger partial charge in [0, 0.05) is 22.3 Å². The molecule has 0 saturated heterocycles. The predicted octanol–water partition coefficient (Wildman–Crippen LogP) is 2.47. The number of hydrogen-bond acceptors (Lipinski definition) is 8. The fourth-order valence-electron chi connectivity index (χ4n) is 2.70. The molecular weight excluding hydrogens is 320 g/mol. The zero-order valence-corrected chi connectivity index (χ0v) is 12.4. The standard InChI is InChI=1S/C14H4N4O2S2/c19-13-5-1-9-10(16-21-15-9)2-6(5)14(20)8-4-12-11(3-7(8)13)17-22-18-12/h1-4H. The molecule has 8 heteroatoms. The van der Waals surface area contributed by atoms with Gasteiger partial charge in [-0.2, -0.15) is 17.5 Å². The van der Waals surface area contributed by atoms with Crippen molar-refractivity contribution in [3.63, 3.8) is 0 Å². The number of fused-ring (bicyclic) bond motifs is 4. The molecule has 1 aliphatic rings. The summed E-state index contributed by atoms with van der Waals surface area (Å²) < 4.78 is 16.5. The van der Waals surface area contributed by atoms with E-state index in [9.17, 15) is 9.59 Å². The van der Waals surface area contributed by atoms with Gasteiger partial charge >= 0.3 is 0 Å². The van der Waals surface area contributed by atoms with Crippen LogP contribution in [0.15, 0.2) is 24.3 Å². The lowest BCUT2D eigenvalue weighted by Gasteiger charge is -2.16. The number of ketones is 2. The van der Waals surface area contributed by atoms with E-state index in [0.717, 1.165) is 23.5 Å². The summed E-state index contributed by atoms with van der Waals surface area (Å²) in [6, 6.07) is 6.56. The van der Waals surface area contributed by atoms with Gasteiger partial charge in [0.15, 0.2) is 11.6 Å². The molecule has 5 rings (SSSR count). The highest BCUT2D eigenvalue weighted by molar-refractivity contribution is 7.00. The highest BCUT2D eigenvalue weighted by Crippen LogP contribution is 2.32. The molecule has 0 radical (unpaired) electrons. The minimum Gasteiger partial charge on any atom is -0.289 e. The van der Waals surface area contributed by atoms with Crippen LogP contribution >= 0.6 is 23.5 Å². The fourth-order valence-corrected chi connectivity index (χ4v) is 3.72. The zero-order valence-electron chi connectivity index (χ0n) is 10.7. The molecule has 2 aromatic carbocycles. The van der Waals surface area contributed by atoms with E-state index in [1.165, 1.54) is 0 Å². The molecule has 4 aromatic rings. The van der Waals surface area contributed by atoms with Crippen LogP contribution in [0.2, 0.25) is 0 Å². The number of hydrogen-bond donors (Lipinski definition) is 0. The molecule has 6 nitrogen and oxygen atoms in total. The molecule has 0 atom stereocenters. The van der Waals surface area contributed by atoms with Gasteiger partial charge in [0.2, 0.25) is 0 Å². The van der Waals surface area contributed by atoms with Gasteiger partial charge in [-0.3, -0.25) is 9.59 Å². The van der Waals surface area contributed by atoms with E-state index in [1.54, 1.807) is 24.3 Å².